The Labute approximate surface area is 221 Å². The number of halogens is 2. The Morgan fingerprint density at radius 3 is 2.43 bits per heavy atom. The number of hydrogen-bond acceptors (Lipinski definition) is 9. The summed E-state index contributed by atoms with van der Waals surface area (Å²) in [5, 5.41) is 23.7. The number of alkyl halides is 2. The second kappa shape index (κ2) is 12.8. The van der Waals surface area contributed by atoms with E-state index in [1.54, 1.807) is 36.4 Å². The summed E-state index contributed by atoms with van der Waals surface area (Å²) in [6.07, 6.45) is 0.662. The summed E-state index contributed by atoms with van der Waals surface area (Å²) in [4.78, 5) is 41.5. The van der Waals surface area contributed by atoms with Gasteiger partial charge in [0.25, 0.3) is 0 Å². The molecule has 1 amide bonds. The van der Waals surface area contributed by atoms with Gasteiger partial charge in [0.15, 0.2) is 0 Å². The van der Waals surface area contributed by atoms with Gasteiger partial charge in [-0.15, -0.1) is 38.4 Å². The molecule has 0 spiro atoms. The minimum atomic E-state index is -2.49. The van der Waals surface area contributed by atoms with E-state index in [2.05, 4.69) is 25.6 Å². The third kappa shape index (κ3) is 6.82. The third-order valence-corrected chi connectivity index (χ3v) is 5.81. The van der Waals surface area contributed by atoms with Crippen LogP contribution in [0.5, 0.6) is 5.75 Å². The quantitative estimate of drug-likeness (QED) is 0.155. The number of benzene rings is 2. The first kappa shape index (κ1) is 27.6. The highest BCUT2D eigenvalue weighted by Gasteiger charge is 2.45. The number of aromatic nitrogens is 4. The molecule has 3 aromatic rings. The predicted octanol–water partition coefficient (Wildman–Crippen LogP) is 2.31. The normalized spacial score (nSPS) is 13.1. The lowest BCUT2D eigenvalue weighted by Gasteiger charge is -2.29. The van der Waals surface area contributed by atoms with E-state index in [0.717, 1.165) is 5.69 Å². The molecule has 194 valence electrons. The molecule has 1 unspecified atom stereocenters. The molecule has 0 fully saturated rings. The van der Waals surface area contributed by atoms with E-state index in [1.165, 1.54) is 18.2 Å². The van der Waals surface area contributed by atoms with Crippen molar-refractivity contribution in [3.05, 3.63) is 54.1 Å². The molecule has 4 N–H and O–H groups in total. The van der Waals surface area contributed by atoms with Crippen molar-refractivity contribution in [2.24, 2.45) is 10.7 Å². The highest BCUT2D eigenvalue weighted by Crippen LogP contribution is 2.33. The number of aliphatic imine (C=N–C) groups is 1. The van der Waals surface area contributed by atoms with E-state index in [4.69, 9.17) is 33.7 Å². The first-order valence-electron chi connectivity index (χ1n) is 10.9. The smallest absolute Gasteiger partial charge is 0.372 e. The van der Waals surface area contributed by atoms with Crippen LogP contribution in [0.4, 0.5) is 5.69 Å². The number of primary amides is 1. The molecule has 1 aromatic heterocycles. The number of tetrazole rings is 1. The summed E-state index contributed by atoms with van der Waals surface area (Å²) in [7, 11) is 0. The van der Waals surface area contributed by atoms with Crippen molar-refractivity contribution in [2.45, 2.75) is 18.1 Å². The molecule has 0 radical (unpaired) electrons. The molecule has 0 saturated heterocycles. The Morgan fingerprint density at radius 2 is 1.89 bits per heavy atom. The standard InChI is InChI=1S/C23H23Cl2N7O5/c24-8-10-32(11-9-25)17-4-6-18(7-5-17)37-23(22(35)36,27-14-33)13-19(20(26)34)15-2-1-3-16(12-15)21-28-30-31-29-21/h1-7,12,19H,8-11,13H2,(H2,26,34)(H,35,36)(H,28,29,30,31)/t19?,23-/m1/s1. The molecular weight excluding hydrogens is 525 g/mol. The Morgan fingerprint density at radius 1 is 1.19 bits per heavy atom. The Balaban J connectivity index is 1.94. The monoisotopic (exact) mass is 547 g/mol. The zero-order valence-electron chi connectivity index (χ0n) is 19.4. The van der Waals surface area contributed by atoms with Crippen molar-refractivity contribution >= 4 is 46.8 Å². The first-order chi connectivity index (χ1) is 17.8. The van der Waals surface area contributed by atoms with Crippen LogP contribution in [-0.2, 0) is 14.4 Å². The van der Waals surface area contributed by atoms with Crippen LogP contribution in [0.3, 0.4) is 0 Å². The zero-order valence-corrected chi connectivity index (χ0v) is 20.9. The SMILES string of the molecule is NC(=O)C(C[C@@](N=C=O)(Oc1ccc(N(CCCl)CCCl)cc1)C(=O)O)c1cccc(-c2nn[nH]n2)c1. The van der Waals surface area contributed by atoms with E-state index in [9.17, 15) is 19.5 Å². The van der Waals surface area contributed by atoms with Crippen LogP contribution in [0.2, 0.25) is 0 Å². The van der Waals surface area contributed by atoms with Gasteiger partial charge in [-0.3, -0.25) is 4.79 Å². The molecule has 1 heterocycles. The van der Waals surface area contributed by atoms with E-state index in [-0.39, 0.29) is 11.6 Å². The Kier molecular flexibility index (Phi) is 9.56. The third-order valence-electron chi connectivity index (χ3n) is 5.47. The maximum absolute atomic E-state index is 12.5. The average molecular weight is 548 g/mol. The minimum absolute atomic E-state index is 0.0885. The van der Waals surface area contributed by atoms with Gasteiger partial charge in [0, 0.05) is 42.5 Å². The van der Waals surface area contributed by atoms with Crippen molar-refractivity contribution in [3.63, 3.8) is 0 Å². The van der Waals surface area contributed by atoms with Crippen molar-refractivity contribution in [2.75, 3.05) is 29.7 Å². The number of carbonyl (C=O) groups excluding carboxylic acids is 2. The summed E-state index contributed by atoms with van der Waals surface area (Å²) in [6.45, 7) is 1.10. The number of H-pyrrole nitrogens is 1. The van der Waals surface area contributed by atoms with Gasteiger partial charge in [-0.1, -0.05) is 18.2 Å². The van der Waals surface area contributed by atoms with Crippen LogP contribution in [0.15, 0.2) is 53.5 Å². The second-order valence-electron chi connectivity index (χ2n) is 7.77. The Bertz CT molecular complexity index is 1240. The minimum Gasteiger partial charge on any atom is -0.477 e. The summed E-state index contributed by atoms with van der Waals surface area (Å²) in [5.74, 6) is -2.55. The summed E-state index contributed by atoms with van der Waals surface area (Å²) >= 11 is 11.7. The largest absolute Gasteiger partial charge is 0.477 e. The highest BCUT2D eigenvalue weighted by atomic mass is 35.5. The van der Waals surface area contributed by atoms with Crippen LogP contribution in [-0.4, -0.2) is 74.3 Å². The number of carbonyl (C=O) groups is 2. The van der Waals surface area contributed by atoms with Crippen LogP contribution < -0.4 is 15.4 Å². The fourth-order valence-corrected chi connectivity index (χ4v) is 4.10. The number of hydrogen-bond donors (Lipinski definition) is 3. The molecule has 2 aromatic carbocycles. The van der Waals surface area contributed by atoms with Gasteiger partial charge in [0.1, 0.15) is 5.75 Å². The number of carboxylic acids is 1. The van der Waals surface area contributed by atoms with Crippen LogP contribution in [0.25, 0.3) is 11.4 Å². The van der Waals surface area contributed by atoms with E-state index in [1.807, 2.05) is 4.90 Å². The topological polar surface area (TPSA) is 177 Å². The summed E-state index contributed by atoms with van der Waals surface area (Å²) in [5.41, 5.74) is 4.78. The number of anilines is 1. The number of amides is 1. The first-order valence-corrected chi connectivity index (χ1v) is 12.0. The number of isocyanates is 1. The summed E-state index contributed by atoms with van der Waals surface area (Å²) < 4.78 is 5.72. The van der Waals surface area contributed by atoms with Crippen LogP contribution in [0, 0.1) is 0 Å². The molecule has 2 atom stereocenters. The molecule has 0 aliphatic carbocycles. The lowest BCUT2D eigenvalue weighted by molar-refractivity contribution is -0.156. The zero-order chi connectivity index (χ0) is 26.8. The number of rotatable bonds is 14. The number of nitrogens with two attached hydrogens (primary N) is 1. The number of aliphatic carboxylic acids is 1. The van der Waals surface area contributed by atoms with E-state index < -0.39 is 29.9 Å². The van der Waals surface area contributed by atoms with Gasteiger partial charge < -0.3 is 20.5 Å². The number of ether oxygens (including phenoxy) is 1. The number of nitrogens with zero attached hydrogens (tertiary/aromatic N) is 5. The lowest BCUT2D eigenvalue weighted by atomic mass is 9.88. The molecule has 0 aliphatic heterocycles. The molecule has 14 heteroatoms. The van der Waals surface area contributed by atoms with Crippen molar-refractivity contribution in [1.82, 2.24) is 20.6 Å². The van der Waals surface area contributed by atoms with Gasteiger partial charge >= 0.3 is 11.7 Å². The van der Waals surface area contributed by atoms with Crippen molar-refractivity contribution in [3.8, 4) is 17.1 Å². The fraction of sp³-hybridized carbons (Fsp3) is 0.304. The van der Waals surface area contributed by atoms with Gasteiger partial charge in [-0.2, -0.15) is 5.21 Å². The van der Waals surface area contributed by atoms with Crippen LogP contribution >= 0.6 is 23.2 Å². The predicted molar refractivity (Wildman–Crippen MR) is 135 cm³/mol. The van der Waals surface area contributed by atoms with Crippen LogP contribution in [0.1, 0.15) is 17.9 Å². The molecular formula is C23H23Cl2N7O5. The Hall–Kier alpha value is -3.99. The molecule has 0 bridgehead atoms. The number of carboxylic acid groups (broad SMARTS) is 1. The lowest BCUT2D eigenvalue weighted by Crippen LogP contribution is -2.45. The maximum Gasteiger partial charge on any atom is 0.372 e. The van der Waals surface area contributed by atoms with Gasteiger partial charge in [-0.05, 0) is 41.1 Å². The maximum atomic E-state index is 12.5. The van der Waals surface area contributed by atoms with Crippen molar-refractivity contribution in [1.29, 1.82) is 0 Å². The molecule has 0 saturated carbocycles. The number of aromatic amines is 1. The van der Waals surface area contributed by atoms with Crippen molar-refractivity contribution < 1.29 is 24.2 Å². The van der Waals surface area contributed by atoms with Gasteiger partial charge in [0.2, 0.25) is 17.8 Å². The highest BCUT2D eigenvalue weighted by molar-refractivity contribution is 6.18. The van der Waals surface area contributed by atoms with Gasteiger partial charge in [0.05, 0.1) is 5.92 Å². The molecule has 3 rings (SSSR count). The fourth-order valence-electron chi connectivity index (χ4n) is 3.69. The number of nitrogens with one attached hydrogen (secondary N) is 1. The average Bonchev–Trinajstić information content (AvgIpc) is 3.43. The van der Waals surface area contributed by atoms with E-state index in [0.29, 0.717) is 36.0 Å². The summed E-state index contributed by atoms with van der Waals surface area (Å²) in [6, 6.07) is 12.8. The van der Waals surface area contributed by atoms with E-state index >= 15 is 0 Å². The molecule has 37 heavy (non-hydrogen) atoms. The van der Waals surface area contributed by atoms with Gasteiger partial charge in [-0.25, -0.2) is 9.59 Å². The molecule has 0 aliphatic rings. The molecule has 12 nitrogen and oxygen atoms in total. The second-order valence-corrected chi connectivity index (χ2v) is 8.53.